The summed E-state index contributed by atoms with van der Waals surface area (Å²) in [6, 6.07) is 9.05. The van der Waals surface area contributed by atoms with Gasteiger partial charge in [-0.25, -0.2) is 8.42 Å². The second-order valence-electron chi connectivity index (χ2n) is 8.95. The summed E-state index contributed by atoms with van der Waals surface area (Å²) in [5.74, 6) is 1.05. The van der Waals surface area contributed by atoms with E-state index in [1.807, 2.05) is 27.7 Å². The summed E-state index contributed by atoms with van der Waals surface area (Å²) >= 11 is 0. The van der Waals surface area contributed by atoms with E-state index in [1.165, 1.54) is 28.6 Å². The SMILES string of the molecule is CCOc1cc(-c2nnc(NC(=O)c3ccc(S(=O)(=O)N4CCCC[C@@H]4C)cc3)o2)cc(OCC)c1OCC. The van der Waals surface area contributed by atoms with Crippen molar-refractivity contribution in [2.24, 2.45) is 0 Å². The molecule has 0 aliphatic carbocycles. The van der Waals surface area contributed by atoms with Crippen LogP contribution >= 0.6 is 0 Å². The lowest BCUT2D eigenvalue weighted by atomic mass is 10.1. The van der Waals surface area contributed by atoms with Gasteiger partial charge in [0.25, 0.3) is 5.91 Å². The Kier molecular flexibility index (Phi) is 9.08. The molecule has 1 N–H and O–H groups in total. The molecule has 12 heteroatoms. The van der Waals surface area contributed by atoms with Crippen LogP contribution in [-0.4, -0.2) is 61.2 Å². The molecule has 1 aliphatic rings. The summed E-state index contributed by atoms with van der Waals surface area (Å²) in [6.45, 7) is 9.26. The summed E-state index contributed by atoms with van der Waals surface area (Å²) in [5, 5.41) is 10.5. The highest BCUT2D eigenvalue weighted by molar-refractivity contribution is 7.89. The number of carbonyl (C=O) groups excluding carboxylic acids is 1. The van der Waals surface area contributed by atoms with Crippen LogP contribution in [0.15, 0.2) is 45.7 Å². The normalized spacial score (nSPS) is 16.1. The Bertz CT molecular complexity index is 1360. The molecule has 2 aromatic carbocycles. The van der Waals surface area contributed by atoms with E-state index < -0.39 is 15.9 Å². The molecule has 1 saturated heterocycles. The lowest BCUT2D eigenvalue weighted by molar-refractivity contribution is 0.102. The van der Waals surface area contributed by atoms with Crippen LogP contribution in [0.2, 0.25) is 0 Å². The first-order valence-electron chi connectivity index (χ1n) is 13.1. The Labute approximate surface area is 228 Å². The molecule has 0 spiro atoms. The van der Waals surface area contributed by atoms with Gasteiger partial charge in [0.1, 0.15) is 0 Å². The number of hydrogen-bond acceptors (Lipinski definition) is 9. The molecule has 3 aromatic rings. The number of carbonyl (C=O) groups is 1. The number of piperidine rings is 1. The second kappa shape index (κ2) is 12.5. The van der Waals surface area contributed by atoms with Crippen molar-refractivity contribution < 1.29 is 31.8 Å². The number of benzene rings is 2. The number of sulfonamides is 1. The zero-order valence-electron chi connectivity index (χ0n) is 22.6. The number of aromatic nitrogens is 2. The molecule has 1 aromatic heterocycles. The molecule has 0 unspecified atom stereocenters. The maximum atomic E-state index is 13.1. The molecular formula is C27H34N4O7S. The summed E-state index contributed by atoms with van der Waals surface area (Å²) in [5.41, 5.74) is 0.776. The molecule has 0 saturated carbocycles. The van der Waals surface area contributed by atoms with Gasteiger partial charge >= 0.3 is 6.01 Å². The standard InChI is InChI=1S/C27H34N4O7S/c1-5-35-22-16-20(17-23(36-6-2)24(22)37-7-3)26-29-30-27(38-26)28-25(32)19-11-13-21(14-12-19)39(33,34)31-15-9-8-10-18(31)4/h11-14,16-18H,5-10,15H2,1-4H3,(H,28,30,32)/t18-/m0/s1. The van der Waals surface area contributed by atoms with Gasteiger partial charge in [-0.3, -0.25) is 10.1 Å². The zero-order valence-corrected chi connectivity index (χ0v) is 23.4. The molecule has 0 bridgehead atoms. The number of amides is 1. The van der Waals surface area contributed by atoms with Gasteiger partial charge in [0, 0.05) is 23.7 Å². The predicted octanol–water partition coefficient (Wildman–Crippen LogP) is 4.75. The highest BCUT2D eigenvalue weighted by Crippen LogP contribution is 2.42. The molecule has 1 atom stereocenters. The van der Waals surface area contributed by atoms with Crippen molar-refractivity contribution in [2.75, 3.05) is 31.7 Å². The fourth-order valence-electron chi connectivity index (χ4n) is 4.41. The van der Waals surface area contributed by atoms with E-state index >= 15 is 0 Å². The third-order valence-corrected chi connectivity index (χ3v) is 8.29. The van der Waals surface area contributed by atoms with Gasteiger partial charge < -0.3 is 18.6 Å². The van der Waals surface area contributed by atoms with Crippen LogP contribution in [0.25, 0.3) is 11.5 Å². The van der Waals surface area contributed by atoms with Crippen molar-refractivity contribution in [3.8, 4) is 28.7 Å². The van der Waals surface area contributed by atoms with Crippen molar-refractivity contribution in [3.63, 3.8) is 0 Å². The van der Waals surface area contributed by atoms with Gasteiger partial charge in [-0.1, -0.05) is 11.5 Å². The Morgan fingerprint density at radius 1 is 1.00 bits per heavy atom. The van der Waals surface area contributed by atoms with E-state index in [4.69, 9.17) is 18.6 Å². The summed E-state index contributed by atoms with van der Waals surface area (Å²) in [4.78, 5) is 13.0. The number of nitrogens with one attached hydrogen (secondary N) is 1. The van der Waals surface area contributed by atoms with Crippen LogP contribution in [0.1, 0.15) is 57.3 Å². The molecule has 210 valence electrons. The van der Waals surface area contributed by atoms with E-state index in [9.17, 15) is 13.2 Å². The highest BCUT2D eigenvalue weighted by Gasteiger charge is 2.31. The van der Waals surface area contributed by atoms with Crippen LogP contribution in [-0.2, 0) is 10.0 Å². The average Bonchev–Trinajstić information content (AvgIpc) is 3.39. The molecule has 1 amide bonds. The fraction of sp³-hybridized carbons (Fsp3) is 0.444. The summed E-state index contributed by atoms with van der Waals surface area (Å²) in [7, 11) is -3.63. The van der Waals surface area contributed by atoms with Crippen LogP contribution in [0, 0.1) is 0 Å². The lowest BCUT2D eigenvalue weighted by Gasteiger charge is -2.32. The quantitative estimate of drug-likeness (QED) is 0.354. The minimum absolute atomic E-state index is 0.0527. The zero-order chi connectivity index (χ0) is 28.0. The third-order valence-electron chi connectivity index (χ3n) is 6.27. The topological polar surface area (TPSA) is 133 Å². The van der Waals surface area contributed by atoms with Gasteiger partial charge in [0.15, 0.2) is 11.5 Å². The molecule has 4 rings (SSSR count). The largest absolute Gasteiger partial charge is 0.490 e. The van der Waals surface area contributed by atoms with Gasteiger partial charge in [-0.2, -0.15) is 4.31 Å². The van der Waals surface area contributed by atoms with Crippen molar-refractivity contribution in [2.45, 2.75) is 57.9 Å². The molecule has 1 fully saturated rings. The first-order valence-corrected chi connectivity index (χ1v) is 14.6. The maximum Gasteiger partial charge on any atom is 0.322 e. The van der Waals surface area contributed by atoms with Gasteiger partial charge in [-0.15, -0.1) is 5.10 Å². The minimum Gasteiger partial charge on any atom is -0.490 e. The second-order valence-corrected chi connectivity index (χ2v) is 10.8. The summed E-state index contributed by atoms with van der Waals surface area (Å²) in [6.07, 6.45) is 2.69. The minimum atomic E-state index is -3.63. The number of anilines is 1. The average molecular weight is 559 g/mol. The monoisotopic (exact) mass is 558 g/mol. The summed E-state index contributed by atoms with van der Waals surface area (Å²) < 4.78 is 50.5. The molecular weight excluding hydrogens is 524 g/mol. The van der Waals surface area contributed by atoms with E-state index in [2.05, 4.69) is 15.5 Å². The Morgan fingerprint density at radius 2 is 1.64 bits per heavy atom. The number of nitrogens with zero attached hydrogens (tertiary/aromatic N) is 3. The molecule has 2 heterocycles. The van der Waals surface area contributed by atoms with Crippen LogP contribution < -0.4 is 19.5 Å². The number of rotatable bonds is 11. The van der Waals surface area contributed by atoms with Gasteiger partial charge in [0.2, 0.25) is 21.7 Å². The Balaban J connectivity index is 1.51. The van der Waals surface area contributed by atoms with Crippen LogP contribution in [0.4, 0.5) is 6.01 Å². The first-order chi connectivity index (χ1) is 18.8. The van der Waals surface area contributed by atoms with E-state index in [0.717, 1.165) is 19.3 Å². The Morgan fingerprint density at radius 3 is 2.23 bits per heavy atom. The molecule has 0 radical (unpaired) electrons. The molecule has 11 nitrogen and oxygen atoms in total. The Hall–Kier alpha value is -3.64. The van der Waals surface area contributed by atoms with Crippen LogP contribution in [0.3, 0.4) is 0 Å². The molecule has 1 aliphatic heterocycles. The first kappa shape index (κ1) is 28.4. The smallest absolute Gasteiger partial charge is 0.322 e. The van der Waals surface area contributed by atoms with E-state index in [-0.39, 0.29) is 28.4 Å². The predicted molar refractivity (Wildman–Crippen MR) is 145 cm³/mol. The van der Waals surface area contributed by atoms with Crippen molar-refractivity contribution in [1.82, 2.24) is 14.5 Å². The highest BCUT2D eigenvalue weighted by atomic mass is 32.2. The molecule has 39 heavy (non-hydrogen) atoms. The third kappa shape index (κ3) is 6.34. The van der Waals surface area contributed by atoms with Crippen molar-refractivity contribution in [1.29, 1.82) is 0 Å². The van der Waals surface area contributed by atoms with Gasteiger partial charge in [0.05, 0.1) is 24.7 Å². The van der Waals surface area contributed by atoms with Gasteiger partial charge in [-0.05, 0) is 76.9 Å². The van der Waals surface area contributed by atoms with Crippen molar-refractivity contribution >= 4 is 21.9 Å². The van der Waals surface area contributed by atoms with Crippen molar-refractivity contribution in [3.05, 3.63) is 42.0 Å². The maximum absolute atomic E-state index is 13.1. The fourth-order valence-corrected chi connectivity index (χ4v) is 6.11. The number of ether oxygens (including phenoxy) is 3. The van der Waals surface area contributed by atoms with E-state index in [0.29, 0.717) is 49.2 Å². The lowest BCUT2D eigenvalue weighted by Crippen LogP contribution is -2.41. The van der Waals surface area contributed by atoms with E-state index in [1.54, 1.807) is 12.1 Å². The number of hydrogen-bond donors (Lipinski definition) is 1. The van der Waals surface area contributed by atoms with Crippen LogP contribution in [0.5, 0.6) is 17.2 Å².